The Labute approximate surface area is 85.1 Å². The Hall–Kier alpha value is -0.940. The summed E-state index contributed by atoms with van der Waals surface area (Å²) in [5.41, 5.74) is 0. The molecule has 0 saturated carbocycles. The van der Waals surface area contributed by atoms with Gasteiger partial charge in [0.1, 0.15) is 5.01 Å². The van der Waals surface area contributed by atoms with E-state index in [0.29, 0.717) is 0 Å². The van der Waals surface area contributed by atoms with E-state index in [0.717, 1.165) is 9.78 Å². The van der Waals surface area contributed by atoms with Gasteiger partial charge in [0.2, 0.25) is 0 Å². The van der Waals surface area contributed by atoms with E-state index >= 15 is 0 Å². The highest BCUT2D eigenvalue weighted by Crippen LogP contribution is 2.19. The molecule has 0 fully saturated rings. The quantitative estimate of drug-likeness (QED) is 0.775. The van der Waals surface area contributed by atoms with Gasteiger partial charge in [-0.15, -0.1) is 11.3 Å². The molecule has 0 spiro atoms. The number of aromatic nitrogens is 3. The van der Waals surface area contributed by atoms with Crippen LogP contribution in [-0.2, 0) is 0 Å². The lowest BCUT2D eigenvalue weighted by atomic mass is 10.3. The van der Waals surface area contributed by atoms with Crippen LogP contribution in [0.15, 0.2) is 24.0 Å². The molecule has 0 aliphatic rings. The monoisotopic (exact) mass is 211 g/mol. The molecule has 68 valence electrons. The molecule has 0 saturated heterocycles. The number of imidazole rings is 1. The molecule has 0 aliphatic carbocycles. The first-order valence-electron chi connectivity index (χ1n) is 3.94. The second-order valence-electron chi connectivity index (χ2n) is 2.72. The summed E-state index contributed by atoms with van der Waals surface area (Å²) in [6, 6.07) is 0.221. The Morgan fingerprint density at radius 2 is 2.54 bits per heavy atom. The average molecular weight is 211 g/mol. The number of nitrogens with one attached hydrogen (secondary N) is 1. The second-order valence-corrected chi connectivity index (χ2v) is 4.03. The van der Waals surface area contributed by atoms with Crippen molar-refractivity contribution < 1.29 is 0 Å². The van der Waals surface area contributed by atoms with Gasteiger partial charge in [-0.3, -0.25) is 0 Å². The molecule has 5 heteroatoms. The smallest absolute Gasteiger partial charge is 0.177 e. The number of H-pyrrole nitrogens is 1. The first kappa shape index (κ1) is 8.65. The summed E-state index contributed by atoms with van der Waals surface area (Å²) in [6.45, 7) is 2.09. The second kappa shape index (κ2) is 3.43. The Morgan fingerprint density at radius 3 is 3.08 bits per heavy atom. The molecule has 2 rings (SSSR count). The van der Waals surface area contributed by atoms with Gasteiger partial charge >= 0.3 is 0 Å². The molecule has 0 radical (unpaired) electrons. The molecular formula is C8H9N3S2. The van der Waals surface area contributed by atoms with Crippen molar-refractivity contribution in [1.82, 2.24) is 14.5 Å². The van der Waals surface area contributed by atoms with Gasteiger partial charge in [0.25, 0.3) is 0 Å². The molecule has 0 bridgehead atoms. The van der Waals surface area contributed by atoms with Gasteiger partial charge in [-0.05, 0) is 19.1 Å². The summed E-state index contributed by atoms with van der Waals surface area (Å²) in [6.07, 6.45) is 5.59. The van der Waals surface area contributed by atoms with Gasteiger partial charge in [0, 0.05) is 24.0 Å². The zero-order valence-corrected chi connectivity index (χ0v) is 8.73. The fraction of sp³-hybridized carbons (Fsp3) is 0.250. The van der Waals surface area contributed by atoms with E-state index in [1.165, 1.54) is 0 Å². The molecule has 1 N–H and O–H groups in total. The number of nitrogens with zero attached hydrogens (tertiary/aromatic N) is 2. The standard InChI is InChI=1S/C8H9N3S2/c1-6(7-9-3-5-13-7)11-4-2-10-8(11)12/h2-6H,1H3,(H,10,12). The minimum atomic E-state index is 0.221. The highest BCUT2D eigenvalue weighted by Gasteiger charge is 2.09. The maximum absolute atomic E-state index is 5.12. The van der Waals surface area contributed by atoms with Crippen molar-refractivity contribution >= 4 is 23.6 Å². The van der Waals surface area contributed by atoms with E-state index in [1.807, 2.05) is 28.5 Å². The minimum Gasteiger partial charge on any atom is -0.337 e. The lowest BCUT2D eigenvalue weighted by molar-refractivity contribution is 0.626. The number of thiazole rings is 1. The zero-order chi connectivity index (χ0) is 9.26. The van der Waals surface area contributed by atoms with Crippen molar-refractivity contribution in [2.45, 2.75) is 13.0 Å². The highest BCUT2D eigenvalue weighted by atomic mass is 32.1. The van der Waals surface area contributed by atoms with Gasteiger partial charge < -0.3 is 9.55 Å². The van der Waals surface area contributed by atoms with Gasteiger partial charge in [-0.25, -0.2) is 4.98 Å². The van der Waals surface area contributed by atoms with Crippen molar-refractivity contribution in [3.05, 3.63) is 33.7 Å². The molecule has 0 aromatic carbocycles. The Morgan fingerprint density at radius 1 is 1.69 bits per heavy atom. The van der Waals surface area contributed by atoms with E-state index < -0.39 is 0 Å². The first-order valence-corrected chi connectivity index (χ1v) is 5.23. The third-order valence-electron chi connectivity index (χ3n) is 1.90. The fourth-order valence-electron chi connectivity index (χ4n) is 1.20. The van der Waals surface area contributed by atoms with Gasteiger partial charge in [-0.2, -0.15) is 0 Å². The molecule has 2 aromatic heterocycles. The third-order valence-corrected chi connectivity index (χ3v) is 3.18. The number of hydrogen-bond donors (Lipinski definition) is 1. The summed E-state index contributed by atoms with van der Waals surface area (Å²) >= 11 is 6.77. The largest absolute Gasteiger partial charge is 0.337 e. The van der Waals surface area contributed by atoms with E-state index in [2.05, 4.69) is 16.9 Å². The van der Waals surface area contributed by atoms with Crippen molar-refractivity contribution in [2.24, 2.45) is 0 Å². The zero-order valence-electron chi connectivity index (χ0n) is 7.10. The number of hydrogen-bond acceptors (Lipinski definition) is 3. The van der Waals surface area contributed by atoms with Crippen molar-refractivity contribution in [2.75, 3.05) is 0 Å². The Bertz CT molecular complexity index is 426. The lowest BCUT2D eigenvalue weighted by Gasteiger charge is -2.08. The fourth-order valence-corrected chi connectivity index (χ4v) is 2.18. The van der Waals surface area contributed by atoms with Crippen LogP contribution in [0.1, 0.15) is 18.0 Å². The molecule has 0 aliphatic heterocycles. The van der Waals surface area contributed by atoms with Crippen LogP contribution < -0.4 is 0 Å². The molecule has 2 heterocycles. The molecule has 2 aromatic rings. The predicted octanol–water partition coefficient (Wildman–Crippen LogP) is 2.61. The van der Waals surface area contributed by atoms with Crippen molar-refractivity contribution in [3.8, 4) is 0 Å². The van der Waals surface area contributed by atoms with Crippen LogP contribution >= 0.6 is 23.6 Å². The summed E-state index contributed by atoms with van der Waals surface area (Å²) in [5.74, 6) is 0. The van der Waals surface area contributed by atoms with Crippen LogP contribution in [-0.4, -0.2) is 14.5 Å². The summed E-state index contributed by atoms with van der Waals surface area (Å²) in [7, 11) is 0. The number of rotatable bonds is 2. The van der Waals surface area contributed by atoms with Crippen molar-refractivity contribution in [1.29, 1.82) is 0 Å². The van der Waals surface area contributed by atoms with Crippen LogP contribution in [0.2, 0.25) is 0 Å². The van der Waals surface area contributed by atoms with E-state index in [4.69, 9.17) is 12.2 Å². The van der Waals surface area contributed by atoms with E-state index in [1.54, 1.807) is 11.3 Å². The van der Waals surface area contributed by atoms with E-state index in [-0.39, 0.29) is 6.04 Å². The minimum absolute atomic E-state index is 0.221. The first-order chi connectivity index (χ1) is 6.29. The molecule has 1 atom stereocenters. The average Bonchev–Trinajstić information content (AvgIpc) is 2.72. The van der Waals surface area contributed by atoms with Crippen LogP contribution in [0.3, 0.4) is 0 Å². The normalized spacial score (nSPS) is 13.0. The summed E-state index contributed by atoms with van der Waals surface area (Å²) < 4.78 is 2.73. The highest BCUT2D eigenvalue weighted by molar-refractivity contribution is 7.71. The van der Waals surface area contributed by atoms with Crippen LogP contribution in [0.4, 0.5) is 0 Å². The Balaban J connectivity index is 2.39. The van der Waals surface area contributed by atoms with Gasteiger partial charge in [-0.1, -0.05) is 0 Å². The maximum Gasteiger partial charge on any atom is 0.177 e. The predicted molar refractivity (Wildman–Crippen MR) is 55.5 cm³/mol. The van der Waals surface area contributed by atoms with Crippen molar-refractivity contribution in [3.63, 3.8) is 0 Å². The summed E-state index contributed by atoms with van der Waals surface area (Å²) in [5, 5.41) is 3.05. The van der Waals surface area contributed by atoms with Gasteiger partial charge in [0.05, 0.1) is 6.04 Å². The molecular weight excluding hydrogens is 202 g/mol. The summed E-state index contributed by atoms with van der Waals surface area (Å²) in [4.78, 5) is 7.22. The molecule has 1 unspecified atom stereocenters. The third kappa shape index (κ3) is 1.57. The number of aromatic amines is 1. The maximum atomic E-state index is 5.12. The van der Waals surface area contributed by atoms with Crippen LogP contribution in [0, 0.1) is 4.77 Å². The molecule has 13 heavy (non-hydrogen) atoms. The Kier molecular flexibility index (Phi) is 2.28. The van der Waals surface area contributed by atoms with E-state index in [9.17, 15) is 0 Å². The van der Waals surface area contributed by atoms with Crippen LogP contribution in [0.5, 0.6) is 0 Å². The topological polar surface area (TPSA) is 33.6 Å². The van der Waals surface area contributed by atoms with Crippen LogP contribution in [0.25, 0.3) is 0 Å². The molecule has 3 nitrogen and oxygen atoms in total. The molecule has 0 amide bonds. The van der Waals surface area contributed by atoms with Gasteiger partial charge in [0.15, 0.2) is 4.77 Å². The SMILES string of the molecule is CC(c1nccs1)n1cc[nH]c1=S. The lowest BCUT2D eigenvalue weighted by Crippen LogP contribution is -2.04.